The average molecular weight is 418 g/mol. The summed E-state index contributed by atoms with van der Waals surface area (Å²) >= 11 is 7.98. The lowest BCUT2D eigenvalue weighted by molar-refractivity contribution is 0.102. The fourth-order valence-corrected chi connectivity index (χ4v) is 3.24. The third-order valence-electron chi connectivity index (χ3n) is 2.78. The fraction of sp³-hybridized carbons (Fsp3) is 0.286. The van der Waals surface area contributed by atoms with Crippen molar-refractivity contribution < 1.29 is 4.79 Å². The number of thiazole rings is 1. The zero-order valence-corrected chi connectivity index (χ0v) is 14.9. The molecule has 1 amide bonds. The molecular formula is C14H15IN2OS2. The third-order valence-corrected chi connectivity index (χ3v) is 4.95. The van der Waals surface area contributed by atoms with E-state index in [9.17, 15) is 4.79 Å². The highest BCUT2D eigenvalue weighted by Crippen LogP contribution is 2.24. The number of thiol groups is 1. The number of aromatic nitrogens is 1. The number of halogens is 1. The summed E-state index contributed by atoms with van der Waals surface area (Å²) in [6.07, 6.45) is 1.99. The Morgan fingerprint density at radius 1 is 1.40 bits per heavy atom. The Bertz CT molecular complexity index is 596. The number of carbonyl (C=O) groups is 1. The molecule has 20 heavy (non-hydrogen) atoms. The summed E-state index contributed by atoms with van der Waals surface area (Å²) in [5.41, 5.74) is 1.64. The Morgan fingerprint density at radius 3 is 2.75 bits per heavy atom. The van der Waals surface area contributed by atoms with Crippen LogP contribution in [0, 0.1) is 10.5 Å². The van der Waals surface area contributed by atoms with E-state index >= 15 is 0 Å². The summed E-state index contributed by atoms with van der Waals surface area (Å²) in [4.78, 5) is 17.7. The maximum Gasteiger partial charge on any atom is 0.257 e. The molecule has 0 saturated carbocycles. The molecule has 0 radical (unpaired) electrons. The standard InChI is InChI=1S/C14H15IN2OS2/c1-9-12(3-2-8-19)20-14(16-9)17-13(18)10-4-6-11(15)7-5-10/h4-7,19H,2-3,8H2,1H3,(H,16,17,18). The van der Waals surface area contributed by atoms with E-state index in [4.69, 9.17) is 0 Å². The van der Waals surface area contributed by atoms with Crippen molar-refractivity contribution in [1.82, 2.24) is 4.98 Å². The number of benzene rings is 1. The quantitative estimate of drug-likeness (QED) is 0.566. The van der Waals surface area contributed by atoms with E-state index in [1.54, 1.807) is 11.3 Å². The maximum atomic E-state index is 12.1. The molecule has 1 heterocycles. The predicted molar refractivity (Wildman–Crippen MR) is 96.1 cm³/mol. The molecule has 0 aliphatic heterocycles. The molecule has 0 saturated heterocycles. The van der Waals surface area contributed by atoms with Crippen LogP contribution in [0.3, 0.4) is 0 Å². The zero-order chi connectivity index (χ0) is 14.5. The van der Waals surface area contributed by atoms with Crippen molar-refractivity contribution in [2.24, 2.45) is 0 Å². The van der Waals surface area contributed by atoms with Gasteiger partial charge in [-0.05, 0) is 72.4 Å². The second-order valence-corrected chi connectivity index (χ2v) is 7.09. The van der Waals surface area contributed by atoms with Gasteiger partial charge in [0.05, 0.1) is 5.69 Å². The van der Waals surface area contributed by atoms with E-state index in [-0.39, 0.29) is 5.91 Å². The van der Waals surface area contributed by atoms with Gasteiger partial charge >= 0.3 is 0 Å². The van der Waals surface area contributed by atoms with Crippen molar-refractivity contribution in [3.05, 3.63) is 44.0 Å². The van der Waals surface area contributed by atoms with Gasteiger partial charge in [-0.2, -0.15) is 12.6 Å². The van der Waals surface area contributed by atoms with Crippen LogP contribution in [-0.4, -0.2) is 16.6 Å². The van der Waals surface area contributed by atoms with Crippen molar-refractivity contribution in [3.63, 3.8) is 0 Å². The normalized spacial score (nSPS) is 10.6. The van der Waals surface area contributed by atoms with Gasteiger partial charge in [-0.1, -0.05) is 0 Å². The van der Waals surface area contributed by atoms with Gasteiger partial charge in [-0.15, -0.1) is 11.3 Å². The summed E-state index contributed by atoms with van der Waals surface area (Å²) in [6, 6.07) is 7.47. The molecule has 1 aromatic heterocycles. The highest BCUT2D eigenvalue weighted by Gasteiger charge is 2.11. The van der Waals surface area contributed by atoms with E-state index in [0.29, 0.717) is 10.7 Å². The Hall–Kier alpha value is -0.600. The lowest BCUT2D eigenvalue weighted by Crippen LogP contribution is -2.11. The molecule has 3 nitrogen and oxygen atoms in total. The van der Waals surface area contributed by atoms with E-state index in [1.165, 1.54) is 4.88 Å². The van der Waals surface area contributed by atoms with Crippen LogP contribution in [0.2, 0.25) is 0 Å². The van der Waals surface area contributed by atoms with Crippen LogP contribution in [-0.2, 0) is 6.42 Å². The summed E-state index contributed by atoms with van der Waals surface area (Å²) in [6.45, 7) is 1.98. The van der Waals surface area contributed by atoms with Gasteiger partial charge in [-0.25, -0.2) is 4.98 Å². The van der Waals surface area contributed by atoms with Crippen molar-refractivity contribution in [2.75, 3.05) is 11.1 Å². The van der Waals surface area contributed by atoms with Crippen LogP contribution in [0.25, 0.3) is 0 Å². The van der Waals surface area contributed by atoms with Gasteiger partial charge in [0.1, 0.15) is 0 Å². The van der Waals surface area contributed by atoms with Crippen molar-refractivity contribution >= 4 is 57.6 Å². The van der Waals surface area contributed by atoms with Crippen molar-refractivity contribution in [2.45, 2.75) is 19.8 Å². The molecule has 1 N–H and O–H groups in total. The number of hydrogen-bond donors (Lipinski definition) is 2. The predicted octanol–water partition coefficient (Wildman–Crippen LogP) is 4.17. The Balaban J connectivity index is 2.06. The monoisotopic (exact) mass is 418 g/mol. The van der Waals surface area contributed by atoms with Crippen LogP contribution >= 0.6 is 46.6 Å². The lowest BCUT2D eigenvalue weighted by atomic mass is 10.2. The highest BCUT2D eigenvalue weighted by molar-refractivity contribution is 14.1. The molecule has 2 rings (SSSR count). The van der Waals surface area contributed by atoms with Gasteiger partial charge in [0, 0.05) is 14.0 Å². The molecule has 0 aliphatic carbocycles. The number of hydrogen-bond acceptors (Lipinski definition) is 4. The summed E-state index contributed by atoms with van der Waals surface area (Å²) in [5, 5.41) is 3.53. The number of anilines is 1. The van der Waals surface area contributed by atoms with Crippen LogP contribution in [0.4, 0.5) is 5.13 Å². The Labute approximate surface area is 141 Å². The number of carbonyl (C=O) groups excluding carboxylic acids is 1. The smallest absolute Gasteiger partial charge is 0.257 e. The van der Waals surface area contributed by atoms with Crippen molar-refractivity contribution in [3.8, 4) is 0 Å². The second-order valence-electron chi connectivity index (χ2n) is 4.32. The number of amides is 1. The van der Waals surface area contributed by atoms with E-state index < -0.39 is 0 Å². The largest absolute Gasteiger partial charge is 0.298 e. The third kappa shape index (κ3) is 4.20. The number of aryl methyl sites for hydroxylation is 2. The summed E-state index contributed by atoms with van der Waals surface area (Å²) in [5.74, 6) is 0.748. The van der Waals surface area contributed by atoms with Crippen LogP contribution in [0.1, 0.15) is 27.3 Å². The summed E-state index contributed by atoms with van der Waals surface area (Å²) in [7, 11) is 0. The molecule has 0 unspecified atom stereocenters. The van der Waals surface area contributed by atoms with Gasteiger partial charge in [0.25, 0.3) is 5.91 Å². The molecule has 0 fully saturated rings. The molecular weight excluding hydrogens is 403 g/mol. The summed E-state index contributed by atoms with van der Waals surface area (Å²) < 4.78 is 1.11. The van der Waals surface area contributed by atoms with Crippen molar-refractivity contribution in [1.29, 1.82) is 0 Å². The van der Waals surface area contributed by atoms with Gasteiger partial charge in [-0.3, -0.25) is 10.1 Å². The maximum absolute atomic E-state index is 12.1. The SMILES string of the molecule is Cc1nc(NC(=O)c2ccc(I)cc2)sc1CCCS. The topological polar surface area (TPSA) is 42.0 Å². The van der Waals surface area contributed by atoms with Gasteiger partial charge in [0.15, 0.2) is 5.13 Å². The minimum atomic E-state index is -0.115. The zero-order valence-electron chi connectivity index (χ0n) is 11.0. The first kappa shape index (κ1) is 15.8. The Kier molecular flexibility index (Phi) is 5.86. The van der Waals surface area contributed by atoms with Gasteiger partial charge in [0.2, 0.25) is 0 Å². The van der Waals surface area contributed by atoms with Crippen LogP contribution < -0.4 is 5.32 Å². The number of nitrogens with one attached hydrogen (secondary N) is 1. The first-order valence-electron chi connectivity index (χ1n) is 6.24. The first-order chi connectivity index (χ1) is 9.60. The molecule has 0 spiro atoms. The number of rotatable bonds is 5. The minimum absolute atomic E-state index is 0.115. The average Bonchev–Trinajstić information content (AvgIpc) is 2.77. The molecule has 2 aromatic rings. The van der Waals surface area contributed by atoms with E-state index in [0.717, 1.165) is 27.9 Å². The molecule has 106 valence electrons. The first-order valence-corrected chi connectivity index (χ1v) is 8.77. The molecule has 0 bridgehead atoms. The van der Waals surface area contributed by atoms with E-state index in [2.05, 4.69) is 45.5 Å². The molecule has 6 heteroatoms. The number of nitrogens with zero attached hydrogens (tertiary/aromatic N) is 1. The molecule has 0 atom stereocenters. The van der Waals surface area contributed by atoms with Gasteiger partial charge < -0.3 is 0 Å². The molecule has 1 aromatic carbocycles. The van der Waals surface area contributed by atoms with E-state index in [1.807, 2.05) is 31.2 Å². The van der Waals surface area contributed by atoms with Crippen LogP contribution in [0.15, 0.2) is 24.3 Å². The molecule has 0 aliphatic rings. The Morgan fingerprint density at radius 2 is 2.10 bits per heavy atom. The fourth-order valence-electron chi connectivity index (χ4n) is 1.72. The minimum Gasteiger partial charge on any atom is -0.298 e. The van der Waals surface area contributed by atoms with Crippen LogP contribution in [0.5, 0.6) is 0 Å². The highest BCUT2D eigenvalue weighted by atomic mass is 127. The second kappa shape index (κ2) is 7.42. The lowest BCUT2D eigenvalue weighted by Gasteiger charge is -2.01.